The van der Waals surface area contributed by atoms with Crippen LogP contribution in [-0.4, -0.2) is 38.2 Å². The molecule has 86 valence electrons. The maximum atomic E-state index is 11.4. The Morgan fingerprint density at radius 2 is 2.20 bits per heavy atom. The van der Waals surface area contributed by atoms with Crippen LogP contribution < -0.4 is 5.32 Å². The second-order valence-electron chi connectivity index (χ2n) is 3.41. The lowest BCUT2D eigenvalue weighted by Crippen LogP contribution is -2.21. The molecule has 1 heterocycles. The number of nitrogens with one attached hydrogen (secondary N) is 1. The number of ether oxygens (including phenoxy) is 2. The molecule has 1 aliphatic heterocycles. The summed E-state index contributed by atoms with van der Waals surface area (Å²) in [4.78, 5) is 22.3. The Bertz CT molecular complexity index is 223. The molecule has 0 bridgehead atoms. The molecule has 0 saturated carbocycles. The molecule has 1 atom stereocenters. The van der Waals surface area contributed by atoms with Crippen molar-refractivity contribution in [3.63, 3.8) is 0 Å². The maximum absolute atomic E-state index is 11.4. The molecule has 0 aromatic heterocycles. The van der Waals surface area contributed by atoms with E-state index < -0.39 is 0 Å². The van der Waals surface area contributed by atoms with E-state index in [1.54, 1.807) is 6.92 Å². The average Bonchev–Trinajstić information content (AvgIpc) is 2.70. The van der Waals surface area contributed by atoms with Crippen molar-refractivity contribution < 1.29 is 19.1 Å². The van der Waals surface area contributed by atoms with E-state index in [4.69, 9.17) is 9.47 Å². The Kier molecular flexibility index (Phi) is 5.10. The van der Waals surface area contributed by atoms with Gasteiger partial charge in [0, 0.05) is 6.54 Å². The van der Waals surface area contributed by atoms with Crippen LogP contribution in [0.25, 0.3) is 0 Å². The number of carbonyl (C=O) groups is 2. The number of rotatable bonds is 5. The molecule has 0 aliphatic carbocycles. The number of hydrogen-bond donors (Lipinski definition) is 1. The quantitative estimate of drug-likeness (QED) is 0.658. The first-order valence-electron chi connectivity index (χ1n) is 5.27. The molecule has 1 N–H and O–H groups in total. The van der Waals surface area contributed by atoms with E-state index in [1.165, 1.54) is 0 Å². The van der Waals surface area contributed by atoms with Crippen LogP contribution in [0.4, 0.5) is 0 Å². The van der Waals surface area contributed by atoms with E-state index in [1.807, 2.05) is 0 Å². The highest BCUT2D eigenvalue weighted by atomic mass is 16.5. The SMILES string of the molecule is CCOC(=O)CCOC(=O)C1CCNC1. The lowest BCUT2D eigenvalue weighted by molar-refractivity contribution is -0.151. The Hall–Kier alpha value is -1.10. The number of hydrogen-bond acceptors (Lipinski definition) is 5. The summed E-state index contributed by atoms with van der Waals surface area (Å²) in [5.74, 6) is -0.591. The van der Waals surface area contributed by atoms with Crippen LogP contribution in [0.15, 0.2) is 0 Å². The molecule has 1 aliphatic rings. The predicted octanol–water partition coefficient (Wildman–Crippen LogP) is 0.0923. The molecule has 1 rings (SSSR count). The first-order valence-corrected chi connectivity index (χ1v) is 5.27. The third kappa shape index (κ3) is 4.29. The largest absolute Gasteiger partial charge is 0.466 e. The Balaban J connectivity index is 2.08. The van der Waals surface area contributed by atoms with Crippen molar-refractivity contribution in [1.29, 1.82) is 0 Å². The molecule has 0 spiro atoms. The molecule has 0 amide bonds. The summed E-state index contributed by atoms with van der Waals surface area (Å²) in [7, 11) is 0. The van der Waals surface area contributed by atoms with Crippen molar-refractivity contribution in [3.8, 4) is 0 Å². The monoisotopic (exact) mass is 215 g/mol. The lowest BCUT2D eigenvalue weighted by atomic mass is 10.1. The van der Waals surface area contributed by atoms with Gasteiger partial charge in [-0.25, -0.2) is 0 Å². The van der Waals surface area contributed by atoms with E-state index in [0.29, 0.717) is 13.2 Å². The topological polar surface area (TPSA) is 64.6 Å². The molecule has 5 nitrogen and oxygen atoms in total. The van der Waals surface area contributed by atoms with E-state index in [-0.39, 0.29) is 30.9 Å². The van der Waals surface area contributed by atoms with Gasteiger partial charge in [-0.3, -0.25) is 9.59 Å². The zero-order valence-corrected chi connectivity index (χ0v) is 8.95. The van der Waals surface area contributed by atoms with Crippen LogP contribution in [0.1, 0.15) is 19.8 Å². The van der Waals surface area contributed by atoms with Crippen LogP contribution in [0, 0.1) is 5.92 Å². The van der Waals surface area contributed by atoms with Gasteiger partial charge >= 0.3 is 11.9 Å². The molecule has 1 fully saturated rings. The van der Waals surface area contributed by atoms with Crippen molar-refractivity contribution >= 4 is 11.9 Å². The fraction of sp³-hybridized carbons (Fsp3) is 0.800. The van der Waals surface area contributed by atoms with Crippen molar-refractivity contribution in [1.82, 2.24) is 5.32 Å². The van der Waals surface area contributed by atoms with Crippen LogP contribution in [0.3, 0.4) is 0 Å². The van der Waals surface area contributed by atoms with Gasteiger partial charge in [0.15, 0.2) is 0 Å². The molecule has 1 unspecified atom stereocenters. The van der Waals surface area contributed by atoms with Crippen LogP contribution in [-0.2, 0) is 19.1 Å². The van der Waals surface area contributed by atoms with E-state index in [9.17, 15) is 9.59 Å². The van der Waals surface area contributed by atoms with Crippen LogP contribution in [0.5, 0.6) is 0 Å². The van der Waals surface area contributed by atoms with Gasteiger partial charge in [-0.2, -0.15) is 0 Å². The number of esters is 2. The van der Waals surface area contributed by atoms with Crippen molar-refractivity contribution in [2.24, 2.45) is 5.92 Å². The molecular formula is C10H17NO4. The zero-order valence-electron chi connectivity index (χ0n) is 8.95. The second kappa shape index (κ2) is 6.40. The Morgan fingerprint density at radius 1 is 1.40 bits per heavy atom. The summed E-state index contributed by atoms with van der Waals surface area (Å²) in [6, 6.07) is 0. The highest BCUT2D eigenvalue weighted by Gasteiger charge is 2.23. The molecule has 0 aromatic rings. The van der Waals surface area contributed by atoms with Gasteiger partial charge in [0.05, 0.1) is 18.9 Å². The smallest absolute Gasteiger partial charge is 0.310 e. The van der Waals surface area contributed by atoms with Gasteiger partial charge in [0.2, 0.25) is 0 Å². The summed E-state index contributed by atoms with van der Waals surface area (Å²) in [6.07, 6.45) is 0.956. The maximum Gasteiger partial charge on any atom is 0.310 e. The van der Waals surface area contributed by atoms with Gasteiger partial charge in [-0.1, -0.05) is 0 Å². The minimum absolute atomic E-state index is 0.0489. The van der Waals surface area contributed by atoms with Gasteiger partial charge in [-0.15, -0.1) is 0 Å². The third-order valence-electron chi connectivity index (χ3n) is 2.25. The normalized spacial score (nSPS) is 19.9. The molecule has 0 radical (unpaired) electrons. The third-order valence-corrected chi connectivity index (χ3v) is 2.25. The molecule has 5 heteroatoms. The van der Waals surface area contributed by atoms with Crippen LogP contribution >= 0.6 is 0 Å². The molecule has 1 saturated heterocycles. The Morgan fingerprint density at radius 3 is 2.80 bits per heavy atom. The first-order chi connectivity index (χ1) is 7.24. The van der Waals surface area contributed by atoms with Crippen molar-refractivity contribution in [2.45, 2.75) is 19.8 Å². The molecule has 15 heavy (non-hydrogen) atoms. The summed E-state index contributed by atoms with van der Waals surface area (Å²) < 4.78 is 9.67. The second-order valence-corrected chi connectivity index (χ2v) is 3.41. The minimum Gasteiger partial charge on any atom is -0.466 e. The number of carbonyl (C=O) groups excluding carboxylic acids is 2. The van der Waals surface area contributed by atoms with Crippen LogP contribution in [0.2, 0.25) is 0 Å². The van der Waals surface area contributed by atoms with E-state index in [2.05, 4.69) is 5.32 Å². The lowest BCUT2D eigenvalue weighted by Gasteiger charge is -2.08. The standard InChI is InChI=1S/C10H17NO4/c1-2-14-9(12)4-6-15-10(13)8-3-5-11-7-8/h8,11H,2-7H2,1H3. The predicted molar refractivity (Wildman–Crippen MR) is 53.2 cm³/mol. The fourth-order valence-corrected chi connectivity index (χ4v) is 1.44. The van der Waals surface area contributed by atoms with E-state index in [0.717, 1.165) is 13.0 Å². The first kappa shape index (κ1) is 12.0. The van der Waals surface area contributed by atoms with E-state index >= 15 is 0 Å². The van der Waals surface area contributed by atoms with Gasteiger partial charge in [0.25, 0.3) is 0 Å². The molecule has 0 aromatic carbocycles. The van der Waals surface area contributed by atoms with Gasteiger partial charge in [-0.05, 0) is 19.9 Å². The van der Waals surface area contributed by atoms with Crippen molar-refractivity contribution in [3.05, 3.63) is 0 Å². The summed E-state index contributed by atoms with van der Waals surface area (Å²) in [6.45, 7) is 3.76. The van der Waals surface area contributed by atoms with Crippen molar-refractivity contribution in [2.75, 3.05) is 26.3 Å². The average molecular weight is 215 g/mol. The zero-order chi connectivity index (χ0) is 11.1. The molecular weight excluding hydrogens is 198 g/mol. The summed E-state index contributed by atoms with van der Waals surface area (Å²) in [5, 5.41) is 3.08. The highest BCUT2D eigenvalue weighted by Crippen LogP contribution is 2.09. The fourth-order valence-electron chi connectivity index (χ4n) is 1.44. The van der Waals surface area contributed by atoms with Gasteiger partial charge in [0.1, 0.15) is 6.61 Å². The highest BCUT2D eigenvalue weighted by molar-refractivity contribution is 5.74. The van der Waals surface area contributed by atoms with Gasteiger partial charge < -0.3 is 14.8 Å². The summed E-state index contributed by atoms with van der Waals surface area (Å²) >= 11 is 0. The summed E-state index contributed by atoms with van der Waals surface area (Å²) in [5.41, 5.74) is 0. The minimum atomic E-state index is -0.324. The Labute approximate surface area is 89.1 Å².